The molecular weight excluding hydrogens is 325 g/mol. The van der Waals surface area contributed by atoms with E-state index in [1.165, 1.54) is 7.11 Å². The number of aryl methyl sites for hydroxylation is 1. The summed E-state index contributed by atoms with van der Waals surface area (Å²) in [6.45, 7) is 1.78. The molecule has 0 saturated heterocycles. The highest BCUT2D eigenvalue weighted by Crippen LogP contribution is 2.25. The van der Waals surface area contributed by atoms with Crippen LogP contribution in [-0.4, -0.2) is 33.0 Å². The Kier molecular flexibility index (Phi) is 3.83. The molecule has 0 bridgehead atoms. The van der Waals surface area contributed by atoms with Gasteiger partial charge in [0.1, 0.15) is 0 Å². The van der Waals surface area contributed by atoms with Gasteiger partial charge in [-0.05, 0) is 36.7 Å². The Bertz CT molecular complexity index is 912. The molecule has 0 atom stereocenters. The van der Waals surface area contributed by atoms with Gasteiger partial charge in [0.05, 0.1) is 24.5 Å². The number of halogens is 2. The van der Waals surface area contributed by atoms with Gasteiger partial charge >= 0.3 is 6.09 Å². The molecule has 1 aromatic carbocycles. The number of ether oxygens (including phenoxy) is 1. The Morgan fingerprint density at radius 3 is 2.96 bits per heavy atom. The number of methoxy groups -OCH3 is 1. The topological polar surface area (TPSA) is 81.9 Å². The third kappa shape index (κ3) is 2.80. The second-order valence-corrected chi connectivity index (χ2v) is 5.00. The lowest BCUT2D eigenvalue weighted by molar-refractivity contribution is 0.170. The first-order chi connectivity index (χ1) is 11.0. The number of fused-ring (bicyclic) bond motifs is 1. The third-order valence-corrected chi connectivity index (χ3v) is 3.37. The minimum atomic E-state index is -0.646. The van der Waals surface area contributed by atoms with Crippen LogP contribution in [0.3, 0.4) is 0 Å². The van der Waals surface area contributed by atoms with Crippen molar-refractivity contribution in [2.75, 3.05) is 12.4 Å². The fraction of sp³-hybridized carbons (Fsp3) is 0.143. The summed E-state index contributed by atoms with van der Waals surface area (Å²) >= 11 is 5.66. The Balaban J connectivity index is 2.05. The molecule has 2 aromatic heterocycles. The van der Waals surface area contributed by atoms with Gasteiger partial charge in [0.25, 0.3) is 0 Å². The maximum atomic E-state index is 13.7. The first-order valence-electron chi connectivity index (χ1n) is 6.52. The van der Waals surface area contributed by atoms with Crippen molar-refractivity contribution in [3.05, 3.63) is 41.2 Å². The van der Waals surface area contributed by atoms with Gasteiger partial charge in [-0.1, -0.05) is 0 Å². The Morgan fingerprint density at radius 1 is 1.43 bits per heavy atom. The van der Waals surface area contributed by atoms with E-state index in [9.17, 15) is 9.18 Å². The predicted octanol–water partition coefficient (Wildman–Crippen LogP) is 3.29. The molecule has 0 aliphatic carbocycles. The van der Waals surface area contributed by atoms with Crippen LogP contribution in [0.15, 0.2) is 24.4 Å². The fourth-order valence-electron chi connectivity index (χ4n) is 2.14. The van der Waals surface area contributed by atoms with E-state index in [-0.39, 0.29) is 11.1 Å². The SMILES string of the molecule is COC(=O)n1nc(C)c2ccc(Nc3nc(Cl)ncc3F)cc21. The molecule has 3 rings (SSSR count). The van der Waals surface area contributed by atoms with Gasteiger partial charge in [0, 0.05) is 11.1 Å². The number of aromatic nitrogens is 4. The van der Waals surface area contributed by atoms with Crippen LogP contribution in [0.4, 0.5) is 20.7 Å². The zero-order valence-electron chi connectivity index (χ0n) is 12.2. The monoisotopic (exact) mass is 335 g/mol. The number of carbonyl (C=O) groups excluding carboxylic acids is 1. The first kappa shape index (κ1) is 15.2. The van der Waals surface area contributed by atoms with E-state index in [1.54, 1.807) is 25.1 Å². The van der Waals surface area contributed by atoms with Crippen molar-refractivity contribution >= 4 is 40.1 Å². The van der Waals surface area contributed by atoms with Crippen LogP contribution in [0.25, 0.3) is 10.9 Å². The molecule has 0 spiro atoms. The van der Waals surface area contributed by atoms with Crippen LogP contribution in [0.2, 0.25) is 5.28 Å². The summed E-state index contributed by atoms with van der Waals surface area (Å²) < 4.78 is 19.5. The number of benzene rings is 1. The quantitative estimate of drug-likeness (QED) is 0.724. The van der Waals surface area contributed by atoms with Crippen molar-refractivity contribution in [1.29, 1.82) is 0 Å². The number of hydrogen-bond acceptors (Lipinski definition) is 6. The number of hydrogen-bond donors (Lipinski definition) is 1. The summed E-state index contributed by atoms with van der Waals surface area (Å²) in [7, 11) is 1.27. The van der Waals surface area contributed by atoms with Gasteiger partial charge in [0.15, 0.2) is 11.6 Å². The predicted molar refractivity (Wildman–Crippen MR) is 82.6 cm³/mol. The molecule has 0 unspecified atom stereocenters. The zero-order valence-corrected chi connectivity index (χ0v) is 12.9. The van der Waals surface area contributed by atoms with Gasteiger partial charge in [-0.3, -0.25) is 0 Å². The van der Waals surface area contributed by atoms with E-state index in [2.05, 4.69) is 20.4 Å². The van der Waals surface area contributed by atoms with Crippen LogP contribution in [0, 0.1) is 12.7 Å². The smallest absolute Gasteiger partial charge is 0.434 e. The van der Waals surface area contributed by atoms with E-state index in [0.717, 1.165) is 16.3 Å². The van der Waals surface area contributed by atoms with Gasteiger partial charge in [-0.2, -0.15) is 14.8 Å². The lowest BCUT2D eigenvalue weighted by Gasteiger charge is -2.07. The molecule has 0 saturated carbocycles. The van der Waals surface area contributed by atoms with E-state index in [4.69, 9.17) is 16.3 Å². The average molecular weight is 336 g/mol. The van der Waals surface area contributed by atoms with Crippen LogP contribution in [0.1, 0.15) is 5.69 Å². The second-order valence-electron chi connectivity index (χ2n) is 4.66. The largest absolute Gasteiger partial charge is 0.451 e. The number of rotatable bonds is 2. The minimum Gasteiger partial charge on any atom is -0.451 e. The Morgan fingerprint density at radius 2 is 2.22 bits per heavy atom. The number of nitrogens with zero attached hydrogens (tertiary/aromatic N) is 4. The maximum Gasteiger partial charge on any atom is 0.434 e. The van der Waals surface area contributed by atoms with Crippen molar-refractivity contribution in [2.24, 2.45) is 0 Å². The molecule has 9 heteroatoms. The molecule has 0 fully saturated rings. The first-order valence-corrected chi connectivity index (χ1v) is 6.90. The minimum absolute atomic E-state index is 0.0646. The van der Waals surface area contributed by atoms with Crippen molar-refractivity contribution < 1.29 is 13.9 Å². The van der Waals surface area contributed by atoms with Gasteiger partial charge < -0.3 is 10.1 Å². The fourth-order valence-corrected chi connectivity index (χ4v) is 2.28. The van der Waals surface area contributed by atoms with Crippen LogP contribution >= 0.6 is 11.6 Å². The molecule has 1 N–H and O–H groups in total. The molecule has 7 nitrogen and oxygen atoms in total. The van der Waals surface area contributed by atoms with Gasteiger partial charge in [-0.25, -0.2) is 14.2 Å². The summed E-state index contributed by atoms with van der Waals surface area (Å²) in [4.78, 5) is 19.1. The molecule has 23 heavy (non-hydrogen) atoms. The molecule has 118 valence electrons. The number of carbonyl (C=O) groups is 1. The summed E-state index contributed by atoms with van der Waals surface area (Å²) in [6.07, 6.45) is 0.357. The lowest BCUT2D eigenvalue weighted by atomic mass is 10.2. The summed E-state index contributed by atoms with van der Waals surface area (Å²) in [5.41, 5.74) is 1.71. The summed E-state index contributed by atoms with van der Waals surface area (Å²) in [5, 5.41) is 7.63. The molecule has 0 aliphatic heterocycles. The summed E-state index contributed by atoms with van der Waals surface area (Å²) in [5.74, 6) is -0.711. The summed E-state index contributed by atoms with van der Waals surface area (Å²) in [6, 6.07) is 5.12. The second kappa shape index (κ2) is 5.81. The number of nitrogens with one attached hydrogen (secondary N) is 1. The van der Waals surface area contributed by atoms with E-state index in [0.29, 0.717) is 16.9 Å². The van der Waals surface area contributed by atoms with E-state index >= 15 is 0 Å². The van der Waals surface area contributed by atoms with Crippen molar-refractivity contribution in [2.45, 2.75) is 6.92 Å². The zero-order chi connectivity index (χ0) is 16.6. The van der Waals surface area contributed by atoms with Crippen LogP contribution < -0.4 is 5.32 Å². The van der Waals surface area contributed by atoms with E-state index in [1.807, 2.05) is 0 Å². The maximum absolute atomic E-state index is 13.7. The molecule has 0 radical (unpaired) electrons. The van der Waals surface area contributed by atoms with Crippen LogP contribution in [0.5, 0.6) is 0 Å². The van der Waals surface area contributed by atoms with Crippen molar-refractivity contribution in [3.8, 4) is 0 Å². The van der Waals surface area contributed by atoms with Crippen molar-refractivity contribution in [1.82, 2.24) is 19.7 Å². The number of anilines is 2. The highest BCUT2D eigenvalue weighted by molar-refractivity contribution is 6.28. The lowest BCUT2D eigenvalue weighted by Crippen LogP contribution is -2.12. The van der Waals surface area contributed by atoms with Gasteiger partial charge in [0.2, 0.25) is 5.28 Å². The van der Waals surface area contributed by atoms with Crippen LogP contribution in [-0.2, 0) is 4.74 Å². The normalized spacial score (nSPS) is 10.8. The van der Waals surface area contributed by atoms with Crippen molar-refractivity contribution in [3.63, 3.8) is 0 Å². The Labute approximate surface area is 135 Å². The van der Waals surface area contributed by atoms with E-state index < -0.39 is 11.9 Å². The molecule has 0 amide bonds. The molecule has 2 heterocycles. The standard InChI is InChI=1S/C14H11ClFN5O2/c1-7-9-4-3-8(5-11(9)21(20-7)14(22)23-2)18-12-10(16)6-17-13(15)19-12/h3-6H,1-2H3,(H,17,18,19). The molecular formula is C14H11ClFN5O2. The van der Waals surface area contributed by atoms with Gasteiger partial charge in [-0.15, -0.1) is 0 Å². The third-order valence-electron chi connectivity index (χ3n) is 3.19. The highest BCUT2D eigenvalue weighted by Gasteiger charge is 2.15. The average Bonchev–Trinajstić information content (AvgIpc) is 2.87. The highest BCUT2D eigenvalue weighted by atomic mass is 35.5. The molecule has 3 aromatic rings. The molecule has 0 aliphatic rings. The Hall–Kier alpha value is -2.74.